The van der Waals surface area contributed by atoms with Crippen LogP contribution in [0.3, 0.4) is 0 Å². The van der Waals surface area contributed by atoms with Crippen LogP contribution in [0, 0.1) is 0 Å². The third-order valence-corrected chi connectivity index (χ3v) is 4.68. The lowest BCUT2D eigenvalue weighted by Gasteiger charge is -2.01. The normalized spacial score (nSPS) is 11.8. The molecule has 0 fully saturated rings. The molecule has 0 amide bonds. The van der Waals surface area contributed by atoms with Crippen LogP contribution in [0.4, 0.5) is 17.6 Å². The second kappa shape index (κ2) is 6.08. The number of halogens is 4. The first-order chi connectivity index (χ1) is 9.38. The van der Waals surface area contributed by atoms with E-state index in [0.717, 1.165) is 21.6 Å². The third kappa shape index (κ3) is 3.29. The molecule has 0 unspecified atom stereocenters. The summed E-state index contributed by atoms with van der Waals surface area (Å²) in [7, 11) is 4.97. The Morgan fingerprint density at radius 2 is 1.20 bits per heavy atom. The van der Waals surface area contributed by atoms with Gasteiger partial charge in [0.1, 0.15) is 11.4 Å². The van der Waals surface area contributed by atoms with E-state index in [4.69, 9.17) is 0 Å². The number of aromatic nitrogens is 4. The molecule has 0 aliphatic rings. The molecule has 0 saturated heterocycles. The van der Waals surface area contributed by atoms with Gasteiger partial charge in [-0.2, -0.15) is 10.2 Å². The summed E-state index contributed by atoms with van der Waals surface area (Å²) in [5, 5.41) is 7.30. The Kier molecular flexibility index (Phi) is 4.63. The first-order valence-electron chi connectivity index (χ1n) is 5.36. The molecular formula is C10H10F4N4S2. The van der Waals surface area contributed by atoms with Gasteiger partial charge in [0.15, 0.2) is 0 Å². The fraction of sp³-hybridized carbons (Fsp3) is 0.400. The van der Waals surface area contributed by atoms with E-state index in [2.05, 4.69) is 10.2 Å². The molecule has 10 heteroatoms. The topological polar surface area (TPSA) is 35.6 Å². The lowest BCUT2D eigenvalue weighted by molar-refractivity contribution is 0.141. The number of hydrogen-bond donors (Lipinski definition) is 0. The Morgan fingerprint density at radius 1 is 0.850 bits per heavy atom. The Balaban J connectivity index is 2.17. The molecule has 2 aromatic heterocycles. The Hall–Kier alpha value is -1.16. The Morgan fingerprint density at radius 3 is 1.50 bits per heavy atom. The van der Waals surface area contributed by atoms with Crippen molar-refractivity contribution in [2.75, 3.05) is 0 Å². The van der Waals surface area contributed by atoms with Crippen LogP contribution in [0.5, 0.6) is 0 Å². The van der Waals surface area contributed by atoms with Crippen LogP contribution in [0.2, 0.25) is 0 Å². The molecule has 0 N–H and O–H groups in total. The average molecular weight is 326 g/mol. The first-order valence-corrected chi connectivity index (χ1v) is 7.51. The smallest absolute Gasteiger partial charge is 0.274 e. The van der Waals surface area contributed by atoms with E-state index >= 15 is 0 Å². The molecule has 0 atom stereocenters. The minimum Gasteiger partial charge on any atom is -0.274 e. The predicted octanol–water partition coefficient (Wildman–Crippen LogP) is 3.83. The summed E-state index contributed by atoms with van der Waals surface area (Å²) >= 11 is 0. The Bertz CT molecular complexity index is 544. The van der Waals surface area contributed by atoms with E-state index in [0.29, 0.717) is 0 Å². The highest BCUT2D eigenvalue weighted by molar-refractivity contribution is 8.76. The molecule has 0 radical (unpaired) electrons. The highest BCUT2D eigenvalue weighted by Gasteiger charge is 2.21. The maximum absolute atomic E-state index is 12.7. The van der Waals surface area contributed by atoms with Gasteiger partial charge < -0.3 is 0 Å². The van der Waals surface area contributed by atoms with E-state index in [9.17, 15) is 17.6 Å². The van der Waals surface area contributed by atoms with Crippen LogP contribution in [0.15, 0.2) is 22.2 Å². The van der Waals surface area contributed by atoms with Gasteiger partial charge in [-0.25, -0.2) is 17.6 Å². The van der Waals surface area contributed by atoms with E-state index in [1.807, 2.05) is 0 Å². The van der Waals surface area contributed by atoms with Gasteiger partial charge in [-0.05, 0) is 21.6 Å². The molecule has 0 aromatic carbocycles. The van der Waals surface area contributed by atoms with Gasteiger partial charge in [-0.15, -0.1) is 0 Å². The van der Waals surface area contributed by atoms with E-state index < -0.39 is 12.9 Å². The SMILES string of the molecule is Cn1cc(SSc2cn(C)nc2C(F)F)c(C(F)F)n1. The van der Waals surface area contributed by atoms with Crippen molar-refractivity contribution in [3.8, 4) is 0 Å². The van der Waals surface area contributed by atoms with Crippen LogP contribution in [-0.4, -0.2) is 19.6 Å². The van der Waals surface area contributed by atoms with Crippen molar-refractivity contribution in [1.82, 2.24) is 19.6 Å². The maximum atomic E-state index is 12.7. The summed E-state index contributed by atoms with van der Waals surface area (Å²) in [6, 6.07) is 0. The summed E-state index contributed by atoms with van der Waals surface area (Å²) in [6.45, 7) is 0. The molecule has 4 nitrogen and oxygen atoms in total. The highest BCUT2D eigenvalue weighted by Crippen LogP contribution is 2.43. The number of nitrogens with zero attached hydrogens (tertiary/aromatic N) is 4. The summed E-state index contributed by atoms with van der Waals surface area (Å²) in [4.78, 5) is 0.494. The summed E-state index contributed by atoms with van der Waals surface area (Å²) in [6.07, 6.45) is -2.56. The molecule has 2 rings (SSSR count). The lowest BCUT2D eigenvalue weighted by Crippen LogP contribution is -1.91. The maximum Gasteiger partial charge on any atom is 0.283 e. The molecule has 0 bridgehead atoms. The molecule has 2 aromatic rings. The molecule has 110 valence electrons. The van der Waals surface area contributed by atoms with Crippen molar-refractivity contribution >= 4 is 21.6 Å². The van der Waals surface area contributed by atoms with E-state index in [-0.39, 0.29) is 21.2 Å². The number of rotatable bonds is 5. The quantitative estimate of drug-likeness (QED) is 0.618. The van der Waals surface area contributed by atoms with Gasteiger partial charge in [0.25, 0.3) is 12.9 Å². The van der Waals surface area contributed by atoms with Crippen molar-refractivity contribution in [3.05, 3.63) is 23.8 Å². The second-order valence-electron chi connectivity index (χ2n) is 3.87. The molecular weight excluding hydrogens is 316 g/mol. The summed E-state index contributed by atoms with van der Waals surface area (Å²) in [5.41, 5.74) is -0.708. The molecule has 2 heterocycles. The molecule has 0 spiro atoms. The van der Waals surface area contributed by atoms with Crippen molar-refractivity contribution in [2.45, 2.75) is 22.6 Å². The Labute approximate surface area is 119 Å². The average Bonchev–Trinajstić information content (AvgIpc) is 2.89. The second-order valence-corrected chi connectivity index (χ2v) is 6.09. The zero-order chi connectivity index (χ0) is 14.9. The third-order valence-electron chi connectivity index (χ3n) is 2.28. The predicted molar refractivity (Wildman–Crippen MR) is 68.0 cm³/mol. The zero-order valence-electron chi connectivity index (χ0n) is 10.4. The van der Waals surface area contributed by atoms with Gasteiger partial charge >= 0.3 is 0 Å². The van der Waals surface area contributed by atoms with Crippen molar-refractivity contribution < 1.29 is 17.6 Å². The van der Waals surface area contributed by atoms with Gasteiger partial charge in [0.2, 0.25) is 0 Å². The van der Waals surface area contributed by atoms with Gasteiger partial charge in [-0.3, -0.25) is 9.36 Å². The van der Waals surface area contributed by atoms with E-state index in [1.54, 1.807) is 0 Å². The highest BCUT2D eigenvalue weighted by atomic mass is 33.1. The molecule has 0 aliphatic carbocycles. The van der Waals surface area contributed by atoms with Crippen LogP contribution < -0.4 is 0 Å². The van der Waals surface area contributed by atoms with Crippen molar-refractivity contribution in [3.63, 3.8) is 0 Å². The largest absolute Gasteiger partial charge is 0.283 e. The van der Waals surface area contributed by atoms with Gasteiger partial charge in [0, 0.05) is 26.5 Å². The first kappa shape index (κ1) is 15.2. The fourth-order valence-corrected chi connectivity index (χ4v) is 3.80. The van der Waals surface area contributed by atoms with E-state index in [1.165, 1.54) is 35.9 Å². The zero-order valence-corrected chi connectivity index (χ0v) is 12.1. The van der Waals surface area contributed by atoms with Gasteiger partial charge in [-0.1, -0.05) is 0 Å². The fourth-order valence-electron chi connectivity index (χ4n) is 1.49. The molecule has 0 saturated carbocycles. The monoisotopic (exact) mass is 326 g/mol. The minimum atomic E-state index is -2.71. The van der Waals surface area contributed by atoms with Crippen LogP contribution in [0.1, 0.15) is 24.2 Å². The summed E-state index contributed by atoms with van der Waals surface area (Å²) in [5.74, 6) is 0. The van der Waals surface area contributed by atoms with Gasteiger partial charge in [0.05, 0.1) is 9.79 Å². The molecule has 0 aliphatic heterocycles. The van der Waals surface area contributed by atoms with Crippen LogP contribution >= 0.6 is 21.6 Å². The summed E-state index contributed by atoms with van der Waals surface area (Å²) < 4.78 is 53.5. The van der Waals surface area contributed by atoms with Crippen molar-refractivity contribution in [2.24, 2.45) is 14.1 Å². The van der Waals surface area contributed by atoms with Crippen molar-refractivity contribution in [1.29, 1.82) is 0 Å². The molecule has 20 heavy (non-hydrogen) atoms. The number of hydrogen-bond acceptors (Lipinski definition) is 4. The number of alkyl halides is 4. The number of aryl methyl sites for hydroxylation is 2. The van der Waals surface area contributed by atoms with Crippen LogP contribution in [0.25, 0.3) is 0 Å². The standard InChI is InChI=1S/C10H10F4N4S2/c1-17-3-5(7(15-17)9(11)12)19-20-6-4-18(2)16-8(6)10(13)14/h3-4,9-10H,1-2H3. The lowest BCUT2D eigenvalue weighted by atomic mass is 10.4. The minimum absolute atomic E-state index is 0.247. The van der Waals surface area contributed by atoms with Crippen LogP contribution in [-0.2, 0) is 14.1 Å².